The van der Waals surface area contributed by atoms with Gasteiger partial charge in [0.25, 0.3) is 11.8 Å². The van der Waals surface area contributed by atoms with Gasteiger partial charge in [-0.25, -0.2) is 0 Å². The Morgan fingerprint density at radius 3 is 2.24 bits per heavy atom. The second kappa shape index (κ2) is 7.88. The number of imide groups is 1. The van der Waals surface area contributed by atoms with Crippen molar-refractivity contribution in [2.75, 3.05) is 11.9 Å². The van der Waals surface area contributed by atoms with Crippen LogP contribution in [0.1, 0.15) is 52.0 Å². The van der Waals surface area contributed by atoms with Crippen LogP contribution in [0.5, 0.6) is 0 Å². The van der Waals surface area contributed by atoms with Crippen LogP contribution in [0.4, 0.5) is 5.69 Å². The number of hydrogen-bond donors (Lipinski definition) is 1. The first kappa shape index (κ1) is 18.9. The third-order valence-electron chi connectivity index (χ3n) is 5.82. The predicted octanol–water partition coefficient (Wildman–Crippen LogP) is 3.60. The topological polar surface area (TPSA) is 90.3 Å². The first-order valence-electron chi connectivity index (χ1n) is 9.84. The molecule has 1 saturated carbocycles. The van der Waals surface area contributed by atoms with Crippen molar-refractivity contribution in [3.8, 4) is 6.07 Å². The van der Waals surface area contributed by atoms with Gasteiger partial charge in [0.1, 0.15) is 0 Å². The van der Waals surface area contributed by atoms with Gasteiger partial charge in [-0.05, 0) is 55.2 Å². The molecule has 1 heterocycles. The van der Waals surface area contributed by atoms with Crippen LogP contribution >= 0.6 is 0 Å². The van der Waals surface area contributed by atoms with E-state index in [0.717, 1.165) is 25.7 Å². The highest BCUT2D eigenvalue weighted by Gasteiger charge is 2.39. The number of anilines is 1. The lowest BCUT2D eigenvalue weighted by Crippen LogP contribution is -2.41. The van der Waals surface area contributed by atoms with E-state index in [4.69, 9.17) is 5.26 Å². The highest BCUT2D eigenvalue weighted by molar-refractivity contribution is 6.21. The lowest BCUT2D eigenvalue weighted by molar-refractivity contribution is -0.122. The third kappa shape index (κ3) is 3.64. The molecule has 0 radical (unpaired) electrons. The summed E-state index contributed by atoms with van der Waals surface area (Å²) in [5.41, 5.74) is 2.04. The second-order valence-electron chi connectivity index (χ2n) is 7.60. The number of carbonyl (C=O) groups is 3. The van der Waals surface area contributed by atoms with Gasteiger partial charge in [0, 0.05) is 18.2 Å². The van der Waals surface area contributed by atoms with Crippen molar-refractivity contribution in [3.63, 3.8) is 0 Å². The van der Waals surface area contributed by atoms with E-state index in [1.807, 2.05) is 0 Å². The Morgan fingerprint density at radius 1 is 1.00 bits per heavy atom. The zero-order chi connectivity index (χ0) is 20.4. The number of rotatable bonds is 4. The molecular weight excluding hydrogens is 366 g/mol. The molecule has 6 heteroatoms. The summed E-state index contributed by atoms with van der Waals surface area (Å²) < 4.78 is 0. The van der Waals surface area contributed by atoms with Gasteiger partial charge in [0.2, 0.25) is 5.91 Å². The number of carbonyl (C=O) groups excluding carboxylic acids is 3. The molecule has 1 aliphatic carbocycles. The molecule has 3 amide bonds. The molecule has 2 aromatic carbocycles. The summed E-state index contributed by atoms with van der Waals surface area (Å²) in [6, 6.07) is 15.6. The Hall–Kier alpha value is -3.46. The number of hydrogen-bond acceptors (Lipinski definition) is 4. The average molecular weight is 387 g/mol. The van der Waals surface area contributed by atoms with Crippen molar-refractivity contribution >= 4 is 23.4 Å². The van der Waals surface area contributed by atoms with E-state index in [-0.39, 0.29) is 36.1 Å². The first-order valence-corrected chi connectivity index (χ1v) is 9.84. The molecule has 1 fully saturated rings. The molecule has 0 aromatic heterocycles. The Balaban J connectivity index is 1.48. The Labute approximate surface area is 169 Å². The maximum absolute atomic E-state index is 12.9. The van der Waals surface area contributed by atoms with Crippen molar-refractivity contribution in [1.29, 1.82) is 5.26 Å². The minimum Gasteiger partial charge on any atom is -0.326 e. The summed E-state index contributed by atoms with van der Waals surface area (Å²) in [6.45, 7) is 0.262. The fourth-order valence-electron chi connectivity index (χ4n) is 4.27. The van der Waals surface area contributed by atoms with Crippen molar-refractivity contribution in [1.82, 2.24) is 4.90 Å². The number of nitriles is 1. The molecule has 2 aliphatic rings. The molecular formula is C23H21N3O3. The molecule has 29 heavy (non-hydrogen) atoms. The summed E-state index contributed by atoms with van der Waals surface area (Å²) in [4.78, 5) is 39.6. The summed E-state index contributed by atoms with van der Waals surface area (Å²) in [6.07, 6.45) is 3.47. The fourth-order valence-corrected chi connectivity index (χ4v) is 4.27. The first-order chi connectivity index (χ1) is 14.1. The maximum Gasteiger partial charge on any atom is 0.261 e. The SMILES string of the molecule is N#Cc1ccc(NC(=O)C2CCCCC2CN2C(=O)c3ccccc3C2=O)cc1. The van der Waals surface area contributed by atoms with E-state index < -0.39 is 0 Å². The molecule has 2 atom stereocenters. The van der Waals surface area contributed by atoms with Crippen LogP contribution < -0.4 is 5.32 Å². The molecule has 2 aromatic rings. The Kier molecular flexibility index (Phi) is 5.13. The van der Waals surface area contributed by atoms with E-state index in [9.17, 15) is 14.4 Å². The minimum absolute atomic E-state index is 0.0654. The largest absolute Gasteiger partial charge is 0.326 e. The van der Waals surface area contributed by atoms with Gasteiger partial charge in [-0.15, -0.1) is 0 Å². The molecule has 1 aliphatic heterocycles. The van der Waals surface area contributed by atoms with E-state index in [1.54, 1.807) is 48.5 Å². The van der Waals surface area contributed by atoms with Crippen LogP contribution in [0.3, 0.4) is 0 Å². The van der Waals surface area contributed by atoms with Gasteiger partial charge in [-0.3, -0.25) is 19.3 Å². The Bertz CT molecular complexity index is 972. The van der Waals surface area contributed by atoms with Gasteiger partial charge in [0.05, 0.1) is 22.8 Å². The Morgan fingerprint density at radius 2 is 1.62 bits per heavy atom. The van der Waals surface area contributed by atoms with Crippen molar-refractivity contribution in [2.24, 2.45) is 11.8 Å². The number of fused-ring (bicyclic) bond motifs is 1. The summed E-state index contributed by atoms with van der Waals surface area (Å²) in [5, 5.41) is 11.8. The molecule has 146 valence electrons. The molecule has 2 unspecified atom stereocenters. The molecule has 4 rings (SSSR count). The zero-order valence-corrected chi connectivity index (χ0v) is 15.9. The molecule has 0 spiro atoms. The highest BCUT2D eigenvalue weighted by atomic mass is 16.2. The molecule has 1 N–H and O–H groups in total. The zero-order valence-electron chi connectivity index (χ0n) is 15.9. The molecule has 0 saturated heterocycles. The van der Waals surface area contributed by atoms with E-state index >= 15 is 0 Å². The summed E-state index contributed by atoms with van der Waals surface area (Å²) in [7, 11) is 0. The van der Waals surface area contributed by atoms with Crippen LogP contribution in [0.2, 0.25) is 0 Å². The lowest BCUT2D eigenvalue weighted by Gasteiger charge is -2.32. The second-order valence-corrected chi connectivity index (χ2v) is 7.60. The van der Waals surface area contributed by atoms with Gasteiger partial charge in [-0.1, -0.05) is 25.0 Å². The van der Waals surface area contributed by atoms with Crippen LogP contribution in [0.25, 0.3) is 0 Å². The number of nitrogens with zero attached hydrogens (tertiary/aromatic N) is 2. The van der Waals surface area contributed by atoms with E-state index in [0.29, 0.717) is 22.4 Å². The van der Waals surface area contributed by atoms with Crippen molar-refractivity contribution in [3.05, 3.63) is 65.2 Å². The van der Waals surface area contributed by atoms with Crippen LogP contribution in [-0.2, 0) is 4.79 Å². The normalized spacial score (nSPS) is 20.9. The number of nitrogens with one attached hydrogen (secondary N) is 1. The van der Waals surface area contributed by atoms with Crippen LogP contribution in [0.15, 0.2) is 48.5 Å². The standard InChI is InChI=1S/C23H21N3O3/c24-13-15-9-11-17(12-10-15)25-21(27)18-6-2-1-5-16(18)14-26-22(28)19-7-3-4-8-20(19)23(26)29/h3-4,7-12,16,18H,1-2,5-6,14H2,(H,25,27). The summed E-state index contributed by atoms with van der Waals surface area (Å²) >= 11 is 0. The van der Waals surface area contributed by atoms with Gasteiger partial charge < -0.3 is 5.32 Å². The highest BCUT2D eigenvalue weighted by Crippen LogP contribution is 2.34. The monoisotopic (exact) mass is 387 g/mol. The van der Waals surface area contributed by atoms with Crippen LogP contribution in [0, 0.1) is 23.2 Å². The van der Waals surface area contributed by atoms with Gasteiger partial charge >= 0.3 is 0 Å². The van der Waals surface area contributed by atoms with Gasteiger partial charge in [-0.2, -0.15) is 5.26 Å². The van der Waals surface area contributed by atoms with Gasteiger partial charge in [0.15, 0.2) is 0 Å². The molecule has 6 nitrogen and oxygen atoms in total. The van der Waals surface area contributed by atoms with Crippen molar-refractivity contribution < 1.29 is 14.4 Å². The fraction of sp³-hybridized carbons (Fsp3) is 0.304. The summed E-state index contributed by atoms with van der Waals surface area (Å²) in [5.74, 6) is -0.978. The average Bonchev–Trinajstić information content (AvgIpc) is 3.00. The third-order valence-corrected chi connectivity index (χ3v) is 5.82. The lowest BCUT2D eigenvalue weighted by atomic mass is 9.78. The number of amides is 3. The predicted molar refractivity (Wildman–Crippen MR) is 107 cm³/mol. The maximum atomic E-state index is 12.9. The van der Waals surface area contributed by atoms with Crippen molar-refractivity contribution in [2.45, 2.75) is 25.7 Å². The number of benzene rings is 2. The van der Waals surface area contributed by atoms with E-state index in [1.165, 1.54) is 4.90 Å². The molecule has 0 bridgehead atoms. The minimum atomic E-state index is -0.276. The smallest absolute Gasteiger partial charge is 0.261 e. The quantitative estimate of drug-likeness (QED) is 0.812. The van der Waals surface area contributed by atoms with Crippen LogP contribution in [-0.4, -0.2) is 29.2 Å². The van der Waals surface area contributed by atoms with E-state index in [2.05, 4.69) is 11.4 Å².